The van der Waals surface area contributed by atoms with Gasteiger partial charge in [0.2, 0.25) is 0 Å². The van der Waals surface area contributed by atoms with Gasteiger partial charge in [-0.3, -0.25) is 18.7 Å². The maximum Gasteiger partial charge on any atom is 0.332 e. The first-order chi connectivity index (χ1) is 15.3. The Kier molecular flexibility index (Phi) is 6.08. The minimum atomic E-state index is -0.453. The number of thioether (sulfide) groups is 1. The zero-order valence-corrected chi connectivity index (χ0v) is 19.4. The van der Waals surface area contributed by atoms with Gasteiger partial charge in [0, 0.05) is 24.7 Å². The predicted molar refractivity (Wildman–Crippen MR) is 127 cm³/mol. The Balaban J connectivity index is 1.77. The maximum absolute atomic E-state index is 13.0. The summed E-state index contributed by atoms with van der Waals surface area (Å²) < 4.78 is 4.17. The molecule has 4 aromatic rings. The van der Waals surface area contributed by atoms with Crippen molar-refractivity contribution in [2.45, 2.75) is 18.6 Å². The number of carbonyl (C=O) groups excluding carboxylic acids is 1. The van der Waals surface area contributed by atoms with Crippen LogP contribution in [0.3, 0.4) is 0 Å². The zero-order chi connectivity index (χ0) is 23.0. The molecule has 2 aromatic carbocycles. The zero-order valence-electron chi connectivity index (χ0n) is 17.8. The number of hydrogen-bond acceptors (Lipinski definition) is 5. The number of fused-ring (bicyclic) bond motifs is 1. The first-order valence-corrected chi connectivity index (χ1v) is 11.3. The van der Waals surface area contributed by atoms with Crippen LogP contribution < -0.4 is 11.2 Å². The van der Waals surface area contributed by atoms with Gasteiger partial charge in [0.1, 0.15) is 0 Å². The topological polar surface area (TPSA) is 78.9 Å². The van der Waals surface area contributed by atoms with E-state index >= 15 is 0 Å². The van der Waals surface area contributed by atoms with Gasteiger partial charge >= 0.3 is 5.69 Å². The van der Waals surface area contributed by atoms with Crippen LogP contribution in [0.5, 0.6) is 0 Å². The summed E-state index contributed by atoms with van der Waals surface area (Å²) in [5.41, 5.74) is 2.33. The fourth-order valence-corrected chi connectivity index (χ4v) is 4.42. The predicted octanol–water partition coefficient (Wildman–Crippen LogP) is 3.42. The van der Waals surface area contributed by atoms with Crippen LogP contribution >= 0.6 is 23.4 Å². The van der Waals surface area contributed by atoms with Crippen LogP contribution in [0.4, 0.5) is 0 Å². The summed E-state index contributed by atoms with van der Waals surface area (Å²) in [5, 5.41) is 1.11. The second-order valence-electron chi connectivity index (χ2n) is 7.56. The Morgan fingerprint density at radius 3 is 2.31 bits per heavy atom. The van der Waals surface area contributed by atoms with Crippen molar-refractivity contribution >= 4 is 40.3 Å². The molecular weight excluding hydrogens is 448 g/mol. The number of carbonyl (C=O) groups is 1. The number of hydrogen-bond donors (Lipinski definition) is 0. The summed E-state index contributed by atoms with van der Waals surface area (Å²) in [4.78, 5) is 42.6. The second kappa shape index (κ2) is 8.80. The van der Waals surface area contributed by atoms with Crippen molar-refractivity contribution in [3.05, 3.63) is 91.1 Å². The molecule has 0 bridgehead atoms. The van der Waals surface area contributed by atoms with Gasteiger partial charge in [-0.05, 0) is 24.6 Å². The third-order valence-corrected chi connectivity index (χ3v) is 6.50. The Morgan fingerprint density at radius 2 is 1.66 bits per heavy atom. The van der Waals surface area contributed by atoms with E-state index in [1.54, 1.807) is 35.9 Å². The van der Waals surface area contributed by atoms with E-state index in [1.807, 2.05) is 31.2 Å². The van der Waals surface area contributed by atoms with Gasteiger partial charge in [0.15, 0.2) is 22.1 Å². The van der Waals surface area contributed by atoms with Gasteiger partial charge < -0.3 is 4.57 Å². The molecule has 0 aliphatic carbocycles. The van der Waals surface area contributed by atoms with Crippen LogP contribution in [0.2, 0.25) is 5.02 Å². The molecule has 0 spiro atoms. The van der Waals surface area contributed by atoms with Gasteiger partial charge in [-0.15, -0.1) is 0 Å². The average molecular weight is 469 g/mol. The standard InChI is InChI=1S/C23H21ClN4O3S/c1-14-4-8-16(9-5-14)18(29)13-32-22-25-20-19(21(30)27(3)23(31)26(20)2)28(22)12-15-6-10-17(24)11-7-15/h4-11H,12-13H2,1-3H3. The Labute approximate surface area is 193 Å². The molecule has 2 heterocycles. The summed E-state index contributed by atoms with van der Waals surface area (Å²) in [6, 6.07) is 14.7. The van der Waals surface area contributed by atoms with Crippen molar-refractivity contribution in [2.75, 3.05) is 5.75 Å². The number of ketones is 1. The van der Waals surface area contributed by atoms with Crippen LogP contribution in [0.1, 0.15) is 21.5 Å². The van der Waals surface area contributed by atoms with Gasteiger partial charge in [-0.1, -0.05) is 65.3 Å². The highest BCUT2D eigenvalue weighted by Crippen LogP contribution is 2.24. The molecule has 0 amide bonds. The molecule has 0 N–H and O–H groups in total. The summed E-state index contributed by atoms with van der Waals surface area (Å²) in [6.07, 6.45) is 0. The molecule has 0 fully saturated rings. The summed E-state index contributed by atoms with van der Waals surface area (Å²) in [5.74, 6) is 0.114. The highest BCUT2D eigenvalue weighted by atomic mass is 35.5. The van der Waals surface area contributed by atoms with Crippen LogP contribution in [0.15, 0.2) is 63.3 Å². The van der Waals surface area contributed by atoms with Gasteiger partial charge in [-0.25, -0.2) is 9.78 Å². The highest BCUT2D eigenvalue weighted by molar-refractivity contribution is 7.99. The number of benzene rings is 2. The van der Waals surface area contributed by atoms with E-state index in [0.29, 0.717) is 27.8 Å². The van der Waals surface area contributed by atoms with Crippen molar-refractivity contribution < 1.29 is 4.79 Å². The first kappa shape index (κ1) is 22.1. The van der Waals surface area contributed by atoms with Gasteiger partial charge in [-0.2, -0.15) is 0 Å². The number of Topliss-reactive ketones (excluding diaryl/α,β-unsaturated/α-hetero) is 1. The first-order valence-electron chi connectivity index (χ1n) is 9.89. The summed E-state index contributed by atoms with van der Waals surface area (Å²) in [7, 11) is 3.02. The van der Waals surface area contributed by atoms with Gasteiger partial charge in [0.05, 0.1) is 12.3 Å². The average Bonchev–Trinajstić information content (AvgIpc) is 3.15. The molecule has 164 valence electrons. The second-order valence-corrected chi connectivity index (χ2v) is 8.94. The molecule has 0 radical (unpaired) electrons. The van der Waals surface area contributed by atoms with E-state index in [4.69, 9.17) is 11.6 Å². The van der Waals surface area contributed by atoms with Crippen molar-refractivity contribution in [2.24, 2.45) is 14.1 Å². The van der Waals surface area contributed by atoms with Crippen molar-refractivity contribution in [1.82, 2.24) is 18.7 Å². The Hall–Kier alpha value is -3.10. The molecule has 9 heteroatoms. The lowest BCUT2D eigenvalue weighted by Crippen LogP contribution is -2.37. The monoisotopic (exact) mass is 468 g/mol. The minimum absolute atomic E-state index is 0.0399. The number of rotatable bonds is 6. The molecule has 2 aromatic heterocycles. The van der Waals surface area contributed by atoms with Crippen molar-refractivity contribution in [3.8, 4) is 0 Å². The number of halogens is 1. The lowest BCUT2D eigenvalue weighted by molar-refractivity contribution is 0.102. The molecule has 0 aliphatic rings. The number of aromatic nitrogens is 4. The fraction of sp³-hybridized carbons (Fsp3) is 0.217. The third kappa shape index (κ3) is 4.16. The van der Waals surface area contributed by atoms with Crippen LogP contribution in [-0.2, 0) is 20.6 Å². The molecule has 0 atom stereocenters. The Bertz CT molecular complexity index is 1430. The van der Waals surface area contributed by atoms with Crippen molar-refractivity contribution in [1.29, 1.82) is 0 Å². The SMILES string of the molecule is Cc1ccc(C(=O)CSc2nc3c(c(=O)n(C)c(=O)n3C)n2Cc2ccc(Cl)cc2)cc1. The molecule has 0 saturated carbocycles. The molecule has 7 nitrogen and oxygen atoms in total. The number of imidazole rings is 1. The normalized spacial score (nSPS) is 11.2. The maximum atomic E-state index is 13.0. The third-order valence-electron chi connectivity index (χ3n) is 5.27. The van der Waals surface area contributed by atoms with Crippen LogP contribution in [-0.4, -0.2) is 30.2 Å². The van der Waals surface area contributed by atoms with E-state index in [0.717, 1.165) is 15.7 Å². The molecular formula is C23H21ClN4O3S. The molecule has 0 saturated heterocycles. The quantitative estimate of drug-likeness (QED) is 0.320. The lowest BCUT2D eigenvalue weighted by Gasteiger charge is -2.10. The number of aryl methyl sites for hydroxylation is 2. The minimum Gasteiger partial charge on any atom is -0.309 e. The van der Waals surface area contributed by atoms with E-state index in [-0.39, 0.29) is 17.2 Å². The largest absolute Gasteiger partial charge is 0.332 e. The summed E-state index contributed by atoms with van der Waals surface area (Å²) in [6.45, 7) is 2.31. The summed E-state index contributed by atoms with van der Waals surface area (Å²) >= 11 is 7.25. The van der Waals surface area contributed by atoms with Gasteiger partial charge in [0.25, 0.3) is 5.56 Å². The smallest absolute Gasteiger partial charge is 0.309 e. The Morgan fingerprint density at radius 1 is 1.00 bits per heavy atom. The lowest BCUT2D eigenvalue weighted by atomic mass is 10.1. The van der Waals surface area contributed by atoms with Crippen molar-refractivity contribution in [3.63, 3.8) is 0 Å². The van der Waals surface area contributed by atoms with E-state index in [1.165, 1.54) is 23.4 Å². The van der Waals surface area contributed by atoms with Crippen LogP contribution in [0, 0.1) is 6.92 Å². The fourth-order valence-electron chi connectivity index (χ4n) is 3.41. The molecule has 32 heavy (non-hydrogen) atoms. The number of nitrogens with zero attached hydrogens (tertiary/aromatic N) is 4. The molecule has 0 aliphatic heterocycles. The van der Waals surface area contributed by atoms with E-state index in [9.17, 15) is 14.4 Å². The molecule has 0 unspecified atom stereocenters. The van der Waals surface area contributed by atoms with E-state index < -0.39 is 11.2 Å². The highest BCUT2D eigenvalue weighted by Gasteiger charge is 2.20. The molecule has 4 rings (SSSR count). The van der Waals surface area contributed by atoms with E-state index in [2.05, 4.69) is 4.98 Å². The van der Waals surface area contributed by atoms with Crippen LogP contribution in [0.25, 0.3) is 11.2 Å².